The van der Waals surface area contributed by atoms with E-state index in [9.17, 15) is 9.90 Å². The van der Waals surface area contributed by atoms with Gasteiger partial charge < -0.3 is 15.3 Å². The zero-order valence-electron chi connectivity index (χ0n) is 13.8. The highest BCUT2D eigenvalue weighted by atomic mass is 16.3. The Kier molecular flexibility index (Phi) is 5.10. The van der Waals surface area contributed by atoms with E-state index in [4.69, 9.17) is 0 Å². The first kappa shape index (κ1) is 16.4. The summed E-state index contributed by atoms with van der Waals surface area (Å²) in [4.78, 5) is 18.2. The van der Waals surface area contributed by atoms with E-state index in [1.54, 1.807) is 6.92 Å². The third-order valence-electron chi connectivity index (χ3n) is 4.38. The molecule has 2 aromatic rings. The zero-order valence-corrected chi connectivity index (χ0v) is 13.8. The van der Waals surface area contributed by atoms with E-state index in [1.165, 1.54) is 5.56 Å². The molecule has 0 unspecified atom stereocenters. The Morgan fingerprint density at radius 3 is 2.71 bits per heavy atom. The third-order valence-corrected chi connectivity index (χ3v) is 4.38. The van der Waals surface area contributed by atoms with Crippen LogP contribution in [0.5, 0.6) is 0 Å². The number of carbonyl (C=O) groups is 1. The van der Waals surface area contributed by atoms with Crippen LogP contribution in [-0.4, -0.2) is 44.3 Å². The zero-order chi connectivity index (χ0) is 16.9. The molecule has 1 fully saturated rings. The Hall–Kier alpha value is -2.41. The average Bonchev–Trinajstić information content (AvgIpc) is 3.10. The molecule has 0 bridgehead atoms. The lowest BCUT2D eigenvalue weighted by Crippen LogP contribution is -2.43. The fourth-order valence-corrected chi connectivity index (χ4v) is 2.99. The highest BCUT2D eigenvalue weighted by molar-refractivity contribution is 5.74. The number of urea groups is 1. The van der Waals surface area contributed by atoms with E-state index >= 15 is 0 Å². The summed E-state index contributed by atoms with van der Waals surface area (Å²) in [6.45, 7) is 3.38. The minimum atomic E-state index is -0.720. The standard InChI is InChI=1S/C17H23N5O2/c1-12(23)16-19-15(20-21-16)11-18-17(24)22-9-7-14(8-10-22)13-5-3-2-4-6-13/h2-6,12,14,23H,7-11H2,1H3,(H,18,24)(H,19,20,21)/t12-/m1/s1. The molecule has 1 aromatic carbocycles. The molecule has 128 valence electrons. The number of benzene rings is 1. The Labute approximate surface area is 141 Å². The Morgan fingerprint density at radius 1 is 1.38 bits per heavy atom. The van der Waals surface area contributed by atoms with Gasteiger partial charge in [0.1, 0.15) is 11.9 Å². The number of rotatable bonds is 4. The molecule has 7 heteroatoms. The molecule has 2 amide bonds. The van der Waals surface area contributed by atoms with E-state index in [0.29, 0.717) is 17.6 Å². The van der Waals surface area contributed by atoms with Gasteiger partial charge in [-0.2, -0.15) is 5.10 Å². The number of aromatic nitrogens is 3. The van der Waals surface area contributed by atoms with Crippen molar-refractivity contribution in [3.8, 4) is 0 Å². The summed E-state index contributed by atoms with van der Waals surface area (Å²) in [5.41, 5.74) is 1.35. The molecular formula is C17H23N5O2. The molecule has 1 aliphatic heterocycles. The largest absolute Gasteiger partial charge is 0.385 e. The third kappa shape index (κ3) is 3.91. The maximum absolute atomic E-state index is 12.3. The van der Waals surface area contributed by atoms with Crippen LogP contribution in [0.15, 0.2) is 30.3 Å². The lowest BCUT2D eigenvalue weighted by molar-refractivity contribution is 0.180. The lowest BCUT2D eigenvalue weighted by Gasteiger charge is -2.32. The molecule has 0 saturated carbocycles. The van der Waals surface area contributed by atoms with E-state index in [2.05, 4.69) is 44.8 Å². The number of amides is 2. The van der Waals surface area contributed by atoms with Crippen LogP contribution < -0.4 is 5.32 Å². The van der Waals surface area contributed by atoms with Crippen molar-refractivity contribution < 1.29 is 9.90 Å². The van der Waals surface area contributed by atoms with Gasteiger partial charge in [-0.1, -0.05) is 30.3 Å². The fourth-order valence-electron chi connectivity index (χ4n) is 2.99. The van der Waals surface area contributed by atoms with Crippen molar-refractivity contribution in [1.82, 2.24) is 25.4 Å². The summed E-state index contributed by atoms with van der Waals surface area (Å²) in [7, 11) is 0. The normalized spacial score (nSPS) is 16.8. The van der Waals surface area contributed by atoms with Crippen LogP contribution in [0.4, 0.5) is 4.79 Å². The Morgan fingerprint density at radius 2 is 2.08 bits per heavy atom. The molecule has 0 radical (unpaired) electrons. The molecular weight excluding hydrogens is 306 g/mol. The van der Waals surface area contributed by atoms with Crippen LogP contribution >= 0.6 is 0 Å². The minimum Gasteiger partial charge on any atom is -0.385 e. The van der Waals surface area contributed by atoms with Crippen molar-refractivity contribution in [2.45, 2.75) is 38.3 Å². The lowest BCUT2D eigenvalue weighted by atomic mass is 9.90. The minimum absolute atomic E-state index is 0.0866. The van der Waals surface area contributed by atoms with Crippen LogP contribution in [0, 0.1) is 0 Å². The fraction of sp³-hybridized carbons (Fsp3) is 0.471. The van der Waals surface area contributed by atoms with Crippen molar-refractivity contribution in [2.75, 3.05) is 13.1 Å². The van der Waals surface area contributed by atoms with Gasteiger partial charge in [-0.3, -0.25) is 5.10 Å². The number of aliphatic hydroxyl groups is 1. The molecule has 3 N–H and O–H groups in total. The van der Waals surface area contributed by atoms with E-state index in [1.807, 2.05) is 11.0 Å². The number of likely N-dealkylation sites (tertiary alicyclic amines) is 1. The summed E-state index contributed by atoms with van der Waals surface area (Å²) in [5.74, 6) is 1.40. The Balaban J connectivity index is 1.46. The SMILES string of the molecule is C[C@@H](O)c1n[nH]c(CNC(=O)N2CCC(c3ccccc3)CC2)n1. The molecule has 1 atom stereocenters. The number of carbonyl (C=O) groups excluding carboxylic acids is 1. The summed E-state index contributed by atoms with van der Waals surface area (Å²) in [6.07, 6.45) is 1.24. The second-order valence-corrected chi connectivity index (χ2v) is 6.15. The number of aliphatic hydroxyl groups excluding tert-OH is 1. The van der Waals surface area contributed by atoms with Crippen molar-refractivity contribution in [3.05, 3.63) is 47.5 Å². The van der Waals surface area contributed by atoms with Gasteiger partial charge in [0, 0.05) is 13.1 Å². The highest BCUT2D eigenvalue weighted by Crippen LogP contribution is 2.27. The number of aromatic amines is 1. The van der Waals surface area contributed by atoms with E-state index in [-0.39, 0.29) is 12.6 Å². The van der Waals surface area contributed by atoms with Crippen molar-refractivity contribution in [3.63, 3.8) is 0 Å². The number of nitrogens with one attached hydrogen (secondary N) is 2. The predicted molar refractivity (Wildman–Crippen MR) is 89.2 cm³/mol. The molecule has 2 heterocycles. The number of H-pyrrole nitrogens is 1. The topological polar surface area (TPSA) is 94.1 Å². The first-order chi connectivity index (χ1) is 11.6. The first-order valence-electron chi connectivity index (χ1n) is 8.30. The number of hydrogen-bond acceptors (Lipinski definition) is 4. The van der Waals surface area contributed by atoms with Gasteiger partial charge in [0.15, 0.2) is 5.82 Å². The van der Waals surface area contributed by atoms with Gasteiger partial charge in [0.25, 0.3) is 0 Å². The monoisotopic (exact) mass is 329 g/mol. The number of hydrogen-bond donors (Lipinski definition) is 3. The average molecular weight is 329 g/mol. The summed E-state index contributed by atoms with van der Waals surface area (Å²) >= 11 is 0. The maximum atomic E-state index is 12.3. The van der Waals surface area contributed by atoms with Crippen LogP contribution in [0.3, 0.4) is 0 Å². The van der Waals surface area contributed by atoms with E-state index in [0.717, 1.165) is 25.9 Å². The van der Waals surface area contributed by atoms with Gasteiger partial charge >= 0.3 is 6.03 Å². The number of piperidine rings is 1. The molecule has 0 aliphatic carbocycles. The van der Waals surface area contributed by atoms with Crippen LogP contribution in [-0.2, 0) is 6.54 Å². The van der Waals surface area contributed by atoms with E-state index < -0.39 is 6.10 Å². The maximum Gasteiger partial charge on any atom is 0.317 e. The summed E-state index contributed by atoms with van der Waals surface area (Å²) in [6, 6.07) is 10.4. The second kappa shape index (κ2) is 7.44. The van der Waals surface area contributed by atoms with Gasteiger partial charge in [-0.25, -0.2) is 9.78 Å². The number of nitrogens with zero attached hydrogens (tertiary/aromatic N) is 3. The van der Waals surface area contributed by atoms with Crippen LogP contribution in [0.1, 0.15) is 49.0 Å². The quantitative estimate of drug-likeness (QED) is 0.799. The van der Waals surface area contributed by atoms with Gasteiger partial charge in [0.2, 0.25) is 0 Å². The predicted octanol–water partition coefficient (Wildman–Crippen LogP) is 1.95. The smallest absolute Gasteiger partial charge is 0.317 e. The first-order valence-corrected chi connectivity index (χ1v) is 8.30. The summed E-state index contributed by atoms with van der Waals surface area (Å²) < 4.78 is 0. The molecule has 7 nitrogen and oxygen atoms in total. The van der Waals surface area contributed by atoms with Crippen molar-refractivity contribution >= 4 is 6.03 Å². The molecule has 24 heavy (non-hydrogen) atoms. The van der Waals surface area contributed by atoms with Gasteiger partial charge in [0.05, 0.1) is 6.54 Å². The molecule has 1 aromatic heterocycles. The van der Waals surface area contributed by atoms with Crippen LogP contribution in [0.25, 0.3) is 0 Å². The molecule has 3 rings (SSSR count). The Bertz CT molecular complexity index is 663. The van der Waals surface area contributed by atoms with Gasteiger partial charge in [-0.05, 0) is 31.2 Å². The second-order valence-electron chi connectivity index (χ2n) is 6.15. The highest BCUT2D eigenvalue weighted by Gasteiger charge is 2.23. The molecule has 1 aliphatic rings. The molecule has 0 spiro atoms. The van der Waals surface area contributed by atoms with Gasteiger partial charge in [-0.15, -0.1) is 0 Å². The van der Waals surface area contributed by atoms with Crippen molar-refractivity contribution in [1.29, 1.82) is 0 Å². The summed E-state index contributed by atoms with van der Waals surface area (Å²) in [5, 5.41) is 18.9. The molecule has 1 saturated heterocycles. The van der Waals surface area contributed by atoms with Crippen LogP contribution in [0.2, 0.25) is 0 Å². The van der Waals surface area contributed by atoms with Crippen molar-refractivity contribution in [2.24, 2.45) is 0 Å².